The summed E-state index contributed by atoms with van der Waals surface area (Å²) in [6.45, 7) is 1.90. The molecule has 0 radical (unpaired) electrons. The maximum absolute atomic E-state index is 12.8. The Morgan fingerprint density at radius 2 is 2.07 bits per heavy atom. The molecule has 1 atom stereocenters. The molecule has 0 spiro atoms. The summed E-state index contributed by atoms with van der Waals surface area (Å²) in [6.07, 6.45) is 0.110. The highest BCUT2D eigenvalue weighted by Crippen LogP contribution is 2.37. The van der Waals surface area contributed by atoms with Gasteiger partial charge in [-0.25, -0.2) is 8.42 Å². The number of nitrogens with zero attached hydrogens (tertiary/aromatic N) is 1. The summed E-state index contributed by atoms with van der Waals surface area (Å²) in [5, 5.41) is 3.24. The van der Waals surface area contributed by atoms with Crippen molar-refractivity contribution < 1.29 is 17.9 Å². The Labute approximate surface area is 167 Å². The lowest BCUT2D eigenvalue weighted by molar-refractivity contribution is -0.122. The van der Waals surface area contributed by atoms with E-state index >= 15 is 0 Å². The lowest BCUT2D eigenvalue weighted by atomic mass is 10.2. The van der Waals surface area contributed by atoms with Gasteiger partial charge in [0.05, 0.1) is 24.2 Å². The second-order valence-electron chi connectivity index (χ2n) is 5.93. The average Bonchev–Trinajstić information content (AvgIpc) is 2.61. The zero-order valence-electron chi connectivity index (χ0n) is 14.8. The van der Waals surface area contributed by atoms with E-state index in [1.165, 1.54) is 6.07 Å². The van der Waals surface area contributed by atoms with Gasteiger partial charge < -0.3 is 10.1 Å². The molecule has 0 bridgehead atoms. The molecule has 1 amide bonds. The first-order chi connectivity index (χ1) is 12.8. The molecule has 0 aliphatic carbocycles. The Balaban J connectivity index is 1.88. The summed E-state index contributed by atoms with van der Waals surface area (Å²) in [6, 6.07) is 12.1. The van der Waals surface area contributed by atoms with E-state index in [1.807, 2.05) is 25.1 Å². The SMILES string of the molecule is CCSc1ccccc1NC(=O)C1CN(S(C)(=O)=O)c2cc(Cl)ccc2O1. The van der Waals surface area contributed by atoms with Crippen LogP contribution in [0.25, 0.3) is 0 Å². The molecule has 0 aromatic heterocycles. The van der Waals surface area contributed by atoms with Gasteiger partial charge in [0.15, 0.2) is 6.10 Å². The number of fused-ring (bicyclic) bond motifs is 1. The number of thioether (sulfide) groups is 1. The fraction of sp³-hybridized carbons (Fsp3) is 0.278. The number of benzene rings is 2. The number of hydrogen-bond donors (Lipinski definition) is 1. The number of nitrogens with one attached hydrogen (secondary N) is 1. The maximum atomic E-state index is 12.8. The van der Waals surface area contributed by atoms with Crippen LogP contribution in [0, 0.1) is 0 Å². The molecule has 27 heavy (non-hydrogen) atoms. The van der Waals surface area contributed by atoms with Crippen LogP contribution in [-0.2, 0) is 14.8 Å². The predicted molar refractivity (Wildman–Crippen MR) is 110 cm³/mol. The van der Waals surface area contributed by atoms with Gasteiger partial charge >= 0.3 is 0 Å². The maximum Gasteiger partial charge on any atom is 0.267 e. The molecule has 1 aliphatic rings. The largest absolute Gasteiger partial charge is 0.476 e. The minimum Gasteiger partial charge on any atom is -0.476 e. The minimum atomic E-state index is -3.60. The predicted octanol–water partition coefficient (Wildman–Crippen LogP) is 3.62. The Kier molecular flexibility index (Phi) is 5.88. The molecular formula is C18H19ClN2O4S2. The number of para-hydroxylation sites is 1. The van der Waals surface area contributed by atoms with Crippen molar-refractivity contribution in [3.05, 3.63) is 47.5 Å². The number of carbonyl (C=O) groups is 1. The lowest BCUT2D eigenvalue weighted by Gasteiger charge is -2.34. The van der Waals surface area contributed by atoms with Crippen LogP contribution in [0.4, 0.5) is 11.4 Å². The third kappa shape index (κ3) is 4.51. The summed E-state index contributed by atoms with van der Waals surface area (Å²) in [4.78, 5) is 13.7. The van der Waals surface area contributed by atoms with Gasteiger partial charge in [-0.3, -0.25) is 9.10 Å². The van der Waals surface area contributed by atoms with Crippen molar-refractivity contribution in [1.29, 1.82) is 0 Å². The molecule has 1 N–H and O–H groups in total. The van der Waals surface area contributed by atoms with Crippen molar-refractivity contribution in [2.75, 3.05) is 28.2 Å². The van der Waals surface area contributed by atoms with Crippen molar-refractivity contribution >= 4 is 50.7 Å². The van der Waals surface area contributed by atoms with E-state index in [0.29, 0.717) is 22.1 Å². The molecule has 0 fully saturated rings. The van der Waals surface area contributed by atoms with Crippen molar-refractivity contribution in [2.45, 2.75) is 17.9 Å². The van der Waals surface area contributed by atoms with Gasteiger partial charge in [0.2, 0.25) is 10.0 Å². The zero-order chi connectivity index (χ0) is 19.6. The van der Waals surface area contributed by atoms with Crippen LogP contribution >= 0.6 is 23.4 Å². The molecule has 0 saturated carbocycles. The summed E-state index contributed by atoms with van der Waals surface area (Å²) in [5.41, 5.74) is 1.00. The summed E-state index contributed by atoms with van der Waals surface area (Å²) in [7, 11) is -3.60. The first-order valence-corrected chi connectivity index (χ1v) is 11.5. The van der Waals surface area contributed by atoms with Gasteiger partial charge in [-0.2, -0.15) is 0 Å². The van der Waals surface area contributed by atoms with E-state index in [0.717, 1.165) is 21.2 Å². The Bertz CT molecular complexity index is 966. The zero-order valence-corrected chi connectivity index (χ0v) is 17.2. The van der Waals surface area contributed by atoms with Crippen molar-refractivity contribution in [1.82, 2.24) is 0 Å². The Morgan fingerprint density at radius 3 is 2.78 bits per heavy atom. The number of sulfonamides is 1. The number of hydrogen-bond acceptors (Lipinski definition) is 5. The van der Waals surface area contributed by atoms with Gasteiger partial charge in [-0.1, -0.05) is 30.7 Å². The van der Waals surface area contributed by atoms with Crippen LogP contribution in [0.15, 0.2) is 47.4 Å². The highest BCUT2D eigenvalue weighted by Gasteiger charge is 2.35. The number of amides is 1. The van der Waals surface area contributed by atoms with E-state index in [4.69, 9.17) is 16.3 Å². The first kappa shape index (κ1) is 19.9. The second-order valence-corrected chi connectivity index (χ2v) is 9.58. The number of carbonyl (C=O) groups excluding carboxylic acids is 1. The van der Waals surface area contributed by atoms with Crippen LogP contribution in [-0.4, -0.2) is 39.0 Å². The summed E-state index contributed by atoms with van der Waals surface area (Å²) in [5.74, 6) is 0.754. The third-order valence-electron chi connectivity index (χ3n) is 3.93. The van der Waals surface area contributed by atoms with Gasteiger partial charge in [-0.05, 0) is 36.1 Å². The van der Waals surface area contributed by atoms with E-state index in [2.05, 4.69) is 5.32 Å². The molecule has 9 heteroatoms. The van der Waals surface area contributed by atoms with Gasteiger partial charge in [0.25, 0.3) is 5.91 Å². The van der Waals surface area contributed by atoms with Crippen molar-refractivity contribution in [2.24, 2.45) is 0 Å². The Morgan fingerprint density at radius 1 is 1.33 bits per heavy atom. The quantitative estimate of drug-likeness (QED) is 0.739. The Hall–Kier alpha value is -1.90. The number of ether oxygens (including phenoxy) is 1. The van der Waals surface area contributed by atoms with Crippen LogP contribution < -0.4 is 14.4 Å². The van der Waals surface area contributed by atoms with Crippen LogP contribution in [0.3, 0.4) is 0 Å². The molecule has 1 unspecified atom stereocenters. The van der Waals surface area contributed by atoms with Crippen LogP contribution in [0.2, 0.25) is 5.02 Å². The second kappa shape index (κ2) is 8.00. The normalized spacial score (nSPS) is 16.4. The van der Waals surface area contributed by atoms with Crippen molar-refractivity contribution in [3.63, 3.8) is 0 Å². The minimum absolute atomic E-state index is 0.124. The molecule has 144 valence electrons. The van der Waals surface area contributed by atoms with E-state index in [-0.39, 0.29) is 6.54 Å². The van der Waals surface area contributed by atoms with E-state index in [9.17, 15) is 13.2 Å². The third-order valence-corrected chi connectivity index (χ3v) is 6.27. The van der Waals surface area contributed by atoms with Gasteiger partial charge in [0, 0.05) is 9.92 Å². The fourth-order valence-electron chi connectivity index (χ4n) is 2.74. The molecule has 6 nitrogen and oxygen atoms in total. The summed E-state index contributed by atoms with van der Waals surface area (Å²) >= 11 is 7.60. The first-order valence-electron chi connectivity index (χ1n) is 8.26. The van der Waals surface area contributed by atoms with Crippen LogP contribution in [0.5, 0.6) is 5.75 Å². The highest BCUT2D eigenvalue weighted by atomic mass is 35.5. The number of rotatable bonds is 5. The molecule has 2 aromatic carbocycles. The molecule has 0 saturated heterocycles. The monoisotopic (exact) mass is 426 g/mol. The van der Waals surface area contributed by atoms with E-state index < -0.39 is 22.0 Å². The number of halogens is 1. The number of anilines is 2. The smallest absolute Gasteiger partial charge is 0.267 e. The van der Waals surface area contributed by atoms with Crippen LogP contribution in [0.1, 0.15) is 6.92 Å². The standard InChI is InChI=1S/C18H19ClN2O4S2/c1-3-26-17-7-5-4-6-13(17)20-18(22)16-11-21(27(2,23)24)14-10-12(19)8-9-15(14)25-16/h4-10,16H,3,11H2,1-2H3,(H,20,22). The molecule has 2 aromatic rings. The molecular weight excluding hydrogens is 408 g/mol. The topological polar surface area (TPSA) is 75.7 Å². The van der Waals surface area contributed by atoms with Crippen molar-refractivity contribution in [3.8, 4) is 5.75 Å². The average molecular weight is 427 g/mol. The van der Waals surface area contributed by atoms with Gasteiger partial charge in [-0.15, -0.1) is 11.8 Å². The van der Waals surface area contributed by atoms with E-state index in [1.54, 1.807) is 30.0 Å². The fourth-order valence-corrected chi connectivity index (χ4v) is 4.57. The summed E-state index contributed by atoms with van der Waals surface area (Å²) < 4.78 is 31.3. The van der Waals surface area contributed by atoms with Gasteiger partial charge in [0.1, 0.15) is 5.75 Å². The molecule has 3 rings (SSSR count). The highest BCUT2D eigenvalue weighted by molar-refractivity contribution is 7.99. The molecule has 1 heterocycles. The molecule has 1 aliphatic heterocycles. The lowest BCUT2D eigenvalue weighted by Crippen LogP contribution is -2.48.